The number of carbonyl (C=O) groups is 3. The molecule has 4 N–H and O–H groups in total. The highest BCUT2D eigenvalue weighted by Gasteiger charge is 2.45. The first kappa shape index (κ1) is 29.1. The summed E-state index contributed by atoms with van der Waals surface area (Å²) in [5.41, 5.74) is 7.02. The molecule has 11 heteroatoms. The molecule has 2 aromatic rings. The Labute approximate surface area is 238 Å². The molecule has 0 aromatic heterocycles. The van der Waals surface area contributed by atoms with Gasteiger partial charge in [-0.3, -0.25) is 19.3 Å². The van der Waals surface area contributed by atoms with Crippen LogP contribution in [0.25, 0.3) is 0 Å². The summed E-state index contributed by atoms with van der Waals surface area (Å²) in [4.78, 5) is 42.3. The Morgan fingerprint density at radius 1 is 1.15 bits per heavy atom. The first-order valence-corrected chi connectivity index (χ1v) is 13.9. The fourth-order valence-electron chi connectivity index (χ4n) is 5.39. The maximum atomic E-state index is 13.8. The van der Waals surface area contributed by atoms with Crippen LogP contribution in [0.1, 0.15) is 37.7 Å². The van der Waals surface area contributed by atoms with Gasteiger partial charge in [0.2, 0.25) is 11.8 Å². The van der Waals surface area contributed by atoms with E-state index < -0.39 is 24.0 Å². The van der Waals surface area contributed by atoms with E-state index in [9.17, 15) is 19.5 Å². The summed E-state index contributed by atoms with van der Waals surface area (Å²) >= 11 is 12.1. The number of halogens is 2. The van der Waals surface area contributed by atoms with Crippen molar-refractivity contribution < 1.29 is 24.2 Å². The molecule has 210 valence electrons. The van der Waals surface area contributed by atoms with Gasteiger partial charge in [-0.25, -0.2) is 0 Å². The van der Waals surface area contributed by atoms with Crippen LogP contribution < -0.4 is 15.8 Å². The first-order valence-electron chi connectivity index (χ1n) is 13.2. The zero-order valence-electron chi connectivity index (χ0n) is 21.6. The van der Waals surface area contributed by atoms with Gasteiger partial charge < -0.3 is 25.8 Å². The quantitative estimate of drug-likeness (QED) is 0.374. The molecule has 2 aliphatic heterocycles. The summed E-state index contributed by atoms with van der Waals surface area (Å²) in [5.74, 6) is -0.837. The van der Waals surface area contributed by atoms with Crippen LogP contribution in [0.5, 0.6) is 5.75 Å². The number of nitrogens with two attached hydrogens (primary N) is 1. The third-order valence-corrected chi connectivity index (χ3v) is 8.08. The van der Waals surface area contributed by atoms with Gasteiger partial charge in [-0.05, 0) is 55.5 Å². The summed E-state index contributed by atoms with van der Waals surface area (Å²) in [7, 11) is 0. The Morgan fingerprint density at radius 2 is 1.92 bits per heavy atom. The number of para-hydroxylation sites is 1. The van der Waals surface area contributed by atoms with E-state index in [0.717, 1.165) is 11.3 Å². The zero-order valence-corrected chi connectivity index (χ0v) is 23.1. The number of hydrogen-bond acceptors (Lipinski definition) is 6. The van der Waals surface area contributed by atoms with E-state index in [-0.39, 0.29) is 37.4 Å². The minimum atomic E-state index is -1.03. The molecule has 2 aliphatic rings. The van der Waals surface area contributed by atoms with Crippen molar-refractivity contribution in [1.82, 2.24) is 15.1 Å². The maximum absolute atomic E-state index is 13.8. The van der Waals surface area contributed by atoms with E-state index in [1.807, 2.05) is 30.3 Å². The fourth-order valence-corrected chi connectivity index (χ4v) is 5.71. The molecule has 4 atom stereocenters. The van der Waals surface area contributed by atoms with E-state index in [2.05, 4.69) is 10.2 Å². The lowest BCUT2D eigenvalue weighted by Crippen LogP contribution is -2.53. The molecule has 2 saturated heterocycles. The standard InChI is InChI=1S/C28H34Cl2N4O5/c29-22-7-6-18(14-23(22)30)16-32-27(37)24(8-9-26(35)36)33-12-10-20(11-13-39-21-4-2-1-3-5-21)34-17-19(31)15-25(34)28(33)38/h1-7,14,19-20,24-25H,8-13,15-17,31H2,(H,32,37)(H,35,36)/t19-,20?,24-,25+/m1/s1. The summed E-state index contributed by atoms with van der Waals surface area (Å²) in [6.07, 6.45) is 1.58. The van der Waals surface area contributed by atoms with E-state index >= 15 is 0 Å². The van der Waals surface area contributed by atoms with Crippen molar-refractivity contribution in [3.63, 3.8) is 0 Å². The van der Waals surface area contributed by atoms with Crippen molar-refractivity contribution >= 4 is 41.0 Å². The molecule has 2 heterocycles. The molecule has 0 saturated carbocycles. The number of carboxylic acids is 1. The molecular formula is C28H34Cl2N4O5. The second kappa shape index (κ2) is 13.5. The van der Waals surface area contributed by atoms with Gasteiger partial charge in [0, 0.05) is 38.1 Å². The molecule has 39 heavy (non-hydrogen) atoms. The molecule has 9 nitrogen and oxygen atoms in total. The largest absolute Gasteiger partial charge is 0.494 e. The average Bonchev–Trinajstić information content (AvgIpc) is 3.26. The van der Waals surface area contributed by atoms with Gasteiger partial charge in [0.15, 0.2) is 0 Å². The van der Waals surface area contributed by atoms with Crippen molar-refractivity contribution in [2.45, 2.75) is 62.8 Å². The van der Waals surface area contributed by atoms with Crippen LogP contribution in [0.15, 0.2) is 48.5 Å². The topological polar surface area (TPSA) is 125 Å². The lowest BCUT2D eigenvalue weighted by Gasteiger charge is -2.32. The molecule has 0 aliphatic carbocycles. The van der Waals surface area contributed by atoms with E-state index in [1.54, 1.807) is 23.1 Å². The maximum Gasteiger partial charge on any atom is 0.303 e. The third kappa shape index (κ3) is 7.63. The monoisotopic (exact) mass is 576 g/mol. The van der Waals surface area contributed by atoms with E-state index in [4.69, 9.17) is 33.7 Å². The van der Waals surface area contributed by atoms with Crippen LogP contribution in [0.4, 0.5) is 0 Å². The van der Waals surface area contributed by atoms with E-state index in [1.165, 1.54) is 0 Å². The number of carbonyl (C=O) groups excluding carboxylic acids is 2. The normalized spacial score (nSPS) is 22.2. The molecule has 1 unspecified atom stereocenters. The van der Waals surface area contributed by atoms with Crippen LogP contribution in [0.3, 0.4) is 0 Å². The highest BCUT2D eigenvalue weighted by atomic mass is 35.5. The number of ether oxygens (including phenoxy) is 1. The Bertz CT molecular complexity index is 1170. The highest BCUT2D eigenvalue weighted by molar-refractivity contribution is 6.42. The number of hydrogen-bond donors (Lipinski definition) is 3. The lowest BCUT2D eigenvalue weighted by atomic mass is 10.1. The third-order valence-electron chi connectivity index (χ3n) is 7.34. The zero-order chi connectivity index (χ0) is 27.9. The van der Waals surface area contributed by atoms with Gasteiger partial charge >= 0.3 is 5.97 Å². The summed E-state index contributed by atoms with van der Waals surface area (Å²) in [6, 6.07) is 13.1. The number of amides is 2. The Hall–Kier alpha value is -2.85. The Morgan fingerprint density at radius 3 is 2.64 bits per heavy atom. The Balaban J connectivity index is 1.47. The van der Waals surface area contributed by atoms with Crippen molar-refractivity contribution in [3.8, 4) is 5.75 Å². The fraction of sp³-hybridized carbons (Fsp3) is 0.464. The number of nitrogens with zero attached hydrogens (tertiary/aromatic N) is 2. The van der Waals surface area contributed by atoms with Crippen LogP contribution in [-0.4, -0.2) is 76.6 Å². The van der Waals surface area contributed by atoms with Gasteiger partial charge in [-0.15, -0.1) is 0 Å². The highest BCUT2D eigenvalue weighted by Crippen LogP contribution is 2.30. The molecule has 0 bridgehead atoms. The lowest BCUT2D eigenvalue weighted by molar-refractivity contribution is -0.144. The molecular weight excluding hydrogens is 543 g/mol. The second-order valence-corrected chi connectivity index (χ2v) is 10.9. The number of fused-ring (bicyclic) bond motifs is 1. The predicted octanol–water partition coefficient (Wildman–Crippen LogP) is 3.31. The van der Waals surface area contributed by atoms with Gasteiger partial charge in [0.25, 0.3) is 0 Å². The first-order chi connectivity index (χ1) is 18.7. The van der Waals surface area contributed by atoms with Crippen molar-refractivity contribution in [1.29, 1.82) is 0 Å². The van der Waals surface area contributed by atoms with Gasteiger partial charge in [0.1, 0.15) is 11.8 Å². The molecule has 2 amide bonds. The van der Waals surface area contributed by atoms with E-state index in [0.29, 0.717) is 49.0 Å². The number of carboxylic acid groups (broad SMARTS) is 1. The SMILES string of the molecule is N[C@@H]1C[C@H]2C(=O)N([C@H](CCC(=O)O)C(=O)NCc3ccc(Cl)c(Cl)c3)CCC(CCOc3ccccc3)N2C1. The summed E-state index contributed by atoms with van der Waals surface area (Å²) < 4.78 is 5.92. The molecule has 4 rings (SSSR count). The van der Waals surface area contributed by atoms with Gasteiger partial charge in [-0.2, -0.15) is 0 Å². The molecule has 0 radical (unpaired) electrons. The molecule has 2 fully saturated rings. The van der Waals surface area contributed by atoms with Crippen molar-refractivity contribution in [3.05, 3.63) is 64.1 Å². The second-order valence-electron chi connectivity index (χ2n) is 10.0. The van der Waals surface area contributed by atoms with Crippen LogP contribution in [-0.2, 0) is 20.9 Å². The van der Waals surface area contributed by atoms with Crippen LogP contribution in [0.2, 0.25) is 10.0 Å². The average molecular weight is 578 g/mol. The van der Waals surface area contributed by atoms with Crippen LogP contribution in [0, 0.1) is 0 Å². The van der Waals surface area contributed by atoms with Crippen LogP contribution >= 0.6 is 23.2 Å². The van der Waals surface area contributed by atoms with Crippen molar-refractivity contribution in [2.75, 3.05) is 19.7 Å². The van der Waals surface area contributed by atoms with Gasteiger partial charge in [-0.1, -0.05) is 47.5 Å². The molecule has 2 aromatic carbocycles. The molecule has 0 spiro atoms. The van der Waals surface area contributed by atoms with Crippen molar-refractivity contribution in [2.24, 2.45) is 5.73 Å². The minimum absolute atomic E-state index is 0.00877. The minimum Gasteiger partial charge on any atom is -0.494 e. The Kier molecular flexibility index (Phi) is 10.1. The number of nitrogens with one attached hydrogen (secondary N) is 1. The number of rotatable bonds is 11. The summed E-state index contributed by atoms with van der Waals surface area (Å²) in [5, 5.41) is 13.0. The smallest absolute Gasteiger partial charge is 0.303 e. The number of aliphatic carboxylic acids is 1. The van der Waals surface area contributed by atoms with Gasteiger partial charge in [0.05, 0.1) is 22.7 Å². The summed E-state index contributed by atoms with van der Waals surface area (Å²) in [6.45, 7) is 1.57. The predicted molar refractivity (Wildman–Crippen MR) is 149 cm³/mol. The number of benzene rings is 2.